The van der Waals surface area contributed by atoms with Gasteiger partial charge in [0.15, 0.2) is 15.0 Å². The van der Waals surface area contributed by atoms with Crippen molar-refractivity contribution in [3.8, 4) is 0 Å². The highest BCUT2D eigenvalue weighted by Gasteiger charge is 2.44. The second-order valence-electron chi connectivity index (χ2n) is 8.46. The molecule has 164 valence electrons. The van der Waals surface area contributed by atoms with E-state index >= 15 is 0 Å². The number of fused-ring (bicyclic) bond motifs is 1. The second-order valence-corrected chi connectivity index (χ2v) is 11.8. The van der Waals surface area contributed by atoms with E-state index in [1.54, 1.807) is 0 Å². The van der Waals surface area contributed by atoms with Gasteiger partial charge in [0.1, 0.15) is 6.54 Å². The molecule has 0 spiro atoms. The van der Waals surface area contributed by atoms with Gasteiger partial charge in [0.2, 0.25) is 5.91 Å². The summed E-state index contributed by atoms with van der Waals surface area (Å²) in [5.74, 6) is 0.495. The van der Waals surface area contributed by atoms with Crippen molar-refractivity contribution in [2.45, 2.75) is 38.0 Å². The Hall–Kier alpha value is -2.32. The largest absolute Gasteiger partial charge is 0.325 e. The van der Waals surface area contributed by atoms with Gasteiger partial charge in [0.25, 0.3) is 0 Å². The van der Waals surface area contributed by atoms with Crippen LogP contribution < -0.4 is 10.2 Å². The summed E-state index contributed by atoms with van der Waals surface area (Å²) in [6, 6.07) is 15.6. The minimum atomic E-state index is -3.03. The lowest BCUT2D eigenvalue weighted by Crippen LogP contribution is -2.36. The van der Waals surface area contributed by atoms with Crippen LogP contribution in [-0.2, 0) is 14.6 Å². The third-order valence-corrected chi connectivity index (χ3v) is 8.79. The van der Waals surface area contributed by atoms with Crippen LogP contribution in [0.5, 0.6) is 0 Å². The Bertz CT molecular complexity index is 1090. The molecule has 31 heavy (non-hydrogen) atoms. The molecule has 6 nitrogen and oxygen atoms in total. The van der Waals surface area contributed by atoms with Crippen LogP contribution in [-0.4, -0.2) is 48.8 Å². The molecule has 1 fully saturated rings. The highest BCUT2D eigenvalue weighted by Crippen LogP contribution is 2.37. The van der Waals surface area contributed by atoms with Crippen LogP contribution >= 0.6 is 11.8 Å². The Morgan fingerprint density at radius 2 is 1.81 bits per heavy atom. The zero-order valence-corrected chi connectivity index (χ0v) is 19.5. The Balaban J connectivity index is 1.57. The Morgan fingerprint density at radius 1 is 1.13 bits per heavy atom. The summed E-state index contributed by atoms with van der Waals surface area (Å²) in [5, 5.41) is 3.58. The van der Waals surface area contributed by atoms with Gasteiger partial charge in [-0.3, -0.25) is 9.79 Å². The molecule has 2 heterocycles. The Labute approximate surface area is 188 Å². The summed E-state index contributed by atoms with van der Waals surface area (Å²) >= 11 is 1.46. The molecular formula is C23H27N3O3S2. The standard InChI is InChI=1S/C23H27N3O3S2/c1-15(2)17-6-10-19(11-7-17)26(12-22(27)24-18-8-4-16(3)5-9-18)23-25-20-13-31(28,29)14-21(20)30-23/h4-11,15,20-21H,12-14H2,1-3H3,(H,24,27)/t20-,21-/m1/s1. The van der Waals surface area contributed by atoms with Gasteiger partial charge in [0.05, 0.1) is 17.5 Å². The number of hydrogen-bond donors (Lipinski definition) is 1. The van der Waals surface area contributed by atoms with Crippen molar-refractivity contribution in [2.24, 2.45) is 4.99 Å². The van der Waals surface area contributed by atoms with E-state index in [4.69, 9.17) is 4.99 Å². The first-order chi connectivity index (χ1) is 14.7. The van der Waals surface area contributed by atoms with E-state index in [9.17, 15) is 13.2 Å². The fourth-order valence-electron chi connectivity index (χ4n) is 3.76. The van der Waals surface area contributed by atoms with Crippen LogP contribution in [0.25, 0.3) is 0 Å². The van der Waals surface area contributed by atoms with Crippen molar-refractivity contribution in [2.75, 3.05) is 28.3 Å². The van der Waals surface area contributed by atoms with Gasteiger partial charge in [-0.15, -0.1) is 0 Å². The van der Waals surface area contributed by atoms with Gasteiger partial charge >= 0.3 is 0 Å². The van der Waals surface area contributed by atoms with E-state index in [0.29, 0.717) is 11.1 Å². The molecule has 0 radical (unpaired) electrons. The van der Waals surface area contributed by atoms with Crippen molar-refractivity contribution in [1.82, 2.24) is 0 Å². The summed E-state index contributed by atoms with van der Waals surface area (Å²) in [6.45, 7) is 6.38. The highest BCUT2D eigenvalue weighted by atomic mass is 32.2. The van der Waals surface area contributed by atoms with Crippen LogP contribution in [0, 0.1) is 6.92 Å². The lowest BCUT2D eigenvalue weighted by molar-refractivity contribution is -0.114. The van der Waals surface area contributed by atoms with Crippen LogP contribution in [0.1, 0.15) is 30.9 Å². The van der Waals surface area contributed by atoms with Crippen molar-refractivity contribution in [1.29, 1.82) is 0 Å². The molecule has 0 aliphatic carbocycles. The molecular weight excluding hydrogens is 430 g/mol. The number of nitrogens with zero attached hydrogens (tertiary/aromatic N) is 2. The molecule has 8 heteroatoms. The molecule has 1 saturated heterocycles. The predicted molar refractivity (Wildman–Crippen MR) is 129 cm³/mol. The van der Waals surface area contributed by atoms with Gasteiger partial charge in [-0.25, -0.2) is 8.42 Å². The van der Waals surface area contributed by atoms with Crippen molar-refractivity contribution in [3.05, 3.63) is 59.7 Å². The number of nitrogens with one attached hydrogen (secondary N) is 1. The van der Waals surface area contributed by atoms with Crippen LogP contribution in [0.4, 0.5) is 11.4 Å². The molecule has 0 aromatic heterocycles. The summed E-state index contributed by atoms with van der Waals surface area (Å²) in [4.78, 5) is 19.4. The van der Waals surface area contributed by atoms with E-state index < -0.39 is 9.84 Å². The number of carbonyl (C=O) groups excluding carboxylic acids is 1. The summed E-state index contributed by atoms with van der Waals surface area (Å²) < 4.78 is 23.9. The smallest absolute Gasteiger partial charge is 0.244 e. The maximum absolute atomic E-state index is 12.8. The van der Waals surface area contributed by atoms with Crippen molar-refractivity contribution < 1.29 is 13.2 Å². The van der Waals surface area contributed by atoms with Crippen LogP contribution in [0.15, 0.2) is 53.5 Å². The average molecular weight is 458 g/mol. The third-order valence-electron chi connectivity index (χ3n) is 5.54. The maximum atomic E-state index is 12.8. The number of rotatable bonds is 5. The lowest BCUT2D eigenvalue weighted by Gasteiger charge is -2.24. The van der Waals surface area contributed by atoms with E-state index in [1.807, 2.05) is 48.2 Å². The lowest BCUT2D eigenvalue weighted by atomic mass is 10.0. The van der Waals surface area contributed by atoms with Gasteiger partial charge in [-0.2, -0.15) is 0 Å². The van der Waals surface area contributed by atoms with Crippen molar-refractivity contribution in [3.63, 3.8) is 0 Å². The molecule has 0 bridgehead atoms. The zero-order chi connectivity index (χ0) is 22.2. The minimum absolute atomic E-state index is 0.0717. The molecule has 2 aromatic carbocycles. The van der Waals surface area contributed by atoms with E-state index in [0.717, 1.165) is 16.9 Å². The number of thioether (sulfide) groups is 1. The summed E-state index contributed by atoms with van der Waals surface area (Å²) in [7, 11) is -3.03. The second kappa shape index (κ2) is 8.67. The molecule has 0 saturated carbocycles. The highest BCUT2D eigenvalue weighted by molar-refractivity contribution is 8.15. The molecule has 1 N–H and O–H groups in total. The minimum Gasteiger partial charge on any atom is -0.325 e. The van der Waals surface area contributed by atoms with Gasteiger partial charge in [-0.05, 0) is 42.7 Å². The van der Waals surface area contributed by atoms with Crippen molar-refractivity contribution >= 4 is 44.0 Å². The number of anilines is 2. The van der Waals surface area contributed by atoms with Crippen LogP contribution in [0.3, 0.4) is 0 Å². The first-order valence-electron chi connectivity index (χ1n) is 10.4. The Morgan fingerprint density at radius 3 is 2.42 bits per heavy atom. The topological polar surface area (TPSA) is 78.8 Å². The number of amidine groups is 1. The van der Waals surface area contributed by atoms with E-state index in [1.165, 1.54) is 17.3 Å². The van der Waals surface area contributed by atoms with Gasteiger partial charge in [0, 0.05) is 16.6 Å². The summed E-state index contributed by atoms with van der Waals surface area (Å²) in [5.41, 5.74) is 3.96. The van der Waals surface area contributed by atoms with Gasteiger partial charge in [-0.1, -0.05) is 55.4 Å². The number of aliphatic imine (C=N–C) groups is 1. The average Bonchev–Trinajstić information content (AvgIpc) is 3.21. The number of aryl methyl sites for hydroxylation is 1. The molecule has 1 amide bonds. The molecule has 2 aliphatic rings. The monoisotopic (exact) mass is 457 g/mol. The molecule has 2 aliphatic heterocycles. The third kappa shape index (κ3) is 5.13. The van der Waals surface area contributed by atoms with Gasteiger partial charge < -0.3 is 10.2 Å². The van der Waals surface area contributed by atoms with Crippen LogP contribution in [0.2, 0.25) is 0 Å². The first kappa shape index (κ1) is 21.9. The summed E-state index contributed by atoms with van der Waals surface area (Å²) in [6.07, 6.45) is 0. The SMILES string of the molecule is Cc1ccc(NC(=O)CN(C2=N[C@@H]3CS(=O)(=O)C[C@H]3S2)c2ccc(C(C)C)cc2)cc1. The number of carbonyl (C=O) groups is 1. The molecule has 2 aromatic rings. The number of hydrogen-bond acceptors (Lipinski definition) is 6. The zero-order valence-electron chi connectivity index (χ0n) is 17.9. The number of amides is 1. The fraction of sp³-hybridized carbons (Fsp3) is 0.391. The van der Waals surface area contributed by atoms with E-state index in [-0.39, 0.29) is 35.2 Å². The molecule has 0 unspecified atom stereocenters. The number of sulfone groups is 1. The van der Waals surface area contributed by atoms with E-state index in [2.05, 4.69) is 31.3 Å². The molecule has 4 rings (SSSR count). The maximum Gasteiger partial charge on any atom is 0.244 e. The fourth-order valence-corrected chi connectivity index (χ4v) is 7.54. The molecule has 2 atom stereocenters. The quantitative estimate of drug-likeness (QED) is 0.738. The normalized spacial score (nSPS) is 21.6. The number of benzene rings is 2. The predicted octanol–water partition coefficient (Wildman–Crippen LogP) is 3.83. The first-order valence-corrected chi connectivity index (χ1v) is 13.1. The Kier molecular flexibility index (Phi) is 6.12.